The summed E-state index contributed by atoms with van der Waals surface area (Å²) in [5.74, 6) is 0.684. The van der Waals surface area contributed by atoms with Crippen molar-refractivity contribution in [2.45, 2.75) is 0 Å². The molecular formula is C18H16N2O5S. The highest BCUT2D eigenvalue weighted by molar-refractivity contribution is 7.12. The van der Waals surface area contributed by atoms with Crippen molar-refractivity contribution in [3.63, 3.8) is 0 Å². The van der Waals surface area contributed by atoms with Gasteiger partial charge in [-0.15, -0.1) is 0 Å². The smallest absolute Gasteiger partial charge is 0.266 e. The molecule has 0 bridgehead atoms. The molecule has 3 rings (SSSR count). The van der Waals surface area contributed by atoms with E-state index in [1.54, 1.807) is 36.5 Å². The quantitative estimate of drug-likeness (QED) is 0.741. The Morgan fingerprint density at radius 3 is 2.62 bits per heavy atom. The third-order valence-corrected chi connectivity index (χ3v) is 4.62. The summed E-state index contributed by atoms with van der Waals surface area (Å²) >= 11 is 0.832. The zero-order valence-electron chi connectivity index (χ0n) is 14.4. The molecule has 2 heterocycles. The Morgan fingerprint density at radius 2 is 1.92 bits per heavy atom. The van der Waals surface area contributed by atoms with Crippen LogP contribution < -0.4 is 24.3 Å². The number of nitrogens with one attached hydrogen (secondary N) is 1. The van der Waals surface area contributed by atoms with E-state index < -0.39 is 5.91 Å². The molecule has 8 heteroatoms. The Balaban J connectivity index is 2.04. The average molecular weight is 372 g/mol. The van der Waals surface area contributed by atoms with E-state index in [9.17, 15) is 9.59 Å². The van der Waals surface area contributed by atoms with Crippen molar-refractivity contribution in [3.8, 4) is 17.4 Å². The number of carbonyl (C=O) groups excluding carboxylic acids is 1. The van der Waals surface area contributed by atoms with Crippen molar-refractivity contribution in [2.24, 2.45) is 0 Å². The van der Waals surface area contributed by atoms with Gasteiger partial charge in [-0.3, -0.25) is 9.59 Å². The van der Waals surface area contributed by atoms with Crippen LogP contribution in [0.25, 0.3) is 10.8 Å². The van der Waals surface area contributed by atoms with Gasteiger partial charge in [0, 0.05) is 6.20 Å². The first-order chi connectivity index (χ1) is 12.6. The first-order valence-corrected chi connectivity index (χ1v) is 8.40. The number of anilines is 1. The van der Waals surface area contributed by atoms with Gasteiger partial charge in [0.2, 0.25) is 10.6 Å². The molecule has 7 nitrogen and oxygen atoms in total. The molecule has 0 unspecified atom stereocenters. The van der Waals surface area contributed by atoms with Crippen LogP contribution in [0, 0.1) is 0 Å². The molecule has 134 valence electrons. The summed E-state index contributed by atoms with van der Waals surface area (Å²) in [6.07, 6.45) is 1.56. The summed E-state index contributed by atoms with van der Waals surface area (Å²) < 4.78 is 15.4. The van der Waals surface area contributed by atoms with E-state index in [-0.39, 0.29) is 9.62 Å². The molecule has 0 aliphatic heterocycles. The van der Waals surface area contributed by atoms with E-state index in [4.69, 9.17) is 14.2 Å². The lowest BCUT2D eigenvalue weighted by molar-refractivity contribution is 0.103. The highest BCUT2D eigenvalue weighted by Gasteiger charge is 2.17. The number of aromatic nitrogens is 1. The van der Waals surface area contributed by atoms with Crippen LogP contribution in [0.4, 0.5) is 5.69 Å². The number of fused-ring (bicyclic) bond motifs is 1. The maximum Gasteiger partial charge on any atom is 0.266 e. The summed E-state index contributed by atoms with van der Waals surface area (Å²) in [5, 5.41) is 3.68. The fourth-order valence-corrected chi connectivity index (χ4v) is 3.38. The van der Waals surface area contributed by atoms with Crippen molar-refractivity contribution in [1.82, 2.24) is 4.98 Å². The minimum atomic E-state index is -0.421. The summed E-state index contributed by atoms with van der Waals surface area (Å²) in [6.45, 7) is 0. The maximum absolute atomic E-state index is 12.6. The van der Waals surface area contributed by atoms with Gasteiger partial charge >= 0.3 is 0 Å². The molecule has 0 aliphatic carbocycles. The third kappa shape index (κ3) is 3.18. The van der Waals surface area contributed by atoms with Gasteiger partial charge in [-0.25, -0.2) is 4.98 Å². The lowest BCUT2D eigenvalue weighted by Gasteiger charge is -2.11. The molecule has 1 N–H and O–H groups in total. The molecule has 26 heavy (non-hydrogen) atoms. The lowest BCUT2D eigenvalue weighted by Crippen LogP contribution is -2.14. The summed E-state index contributed by atoms with van der Waals surface area (Å²) in [4.78, 5) is 29.5. The minimum Gasteiger partial charge on any atom is -0.493 e. The zero-order valence-corrected chi connectivity index (χ0v) is 15.2. The second-order valence-corrected chi connectivity index (χ2v) is 6.19. The van der Waals surface area contributed by atoms with Gasteiger partial charge in [-0.1, -0.05) is 17.4 Å². The molecule has 0 atom stereocenters. The van der Waals surface area contributed by atoms with Crippen LogP contribution >= 0.6 is 11.3 Å². The van der Waals surface area contributed by atoms with Crippen molar-refractivity contribution < 1.29 is 19.0 Å². The molecule has 2 aromatic heterocycles. The summed E-state index contributed by atoms with van der Waals surface area (Å²) in [6, 6.07) is 8.39. The van der Waals surface area contributed by atoms with Crippen LogP contribution in [-0.2, 0) is 0 Å². The molecule has 0 spiro atoms. The first-order valence-electron chi connectivity index (χ1n) is 7.58. The van der Waals surface area contributed by atoms with Gasteiger partial charge in [-0.05, 0) is 29.7 Å². The highest BCUT2D eigenvalue weighted by atomic mass is 32.1. The zero-order chi connectivity index (χ0) is 18.7. The monoisotopic (exact) mass is 372 g/mol. The summed E-state index contributed by atoms with van der Waals surface area (Å²) in [5.41, 5.74) is 0.423. The van der Waals surface area contributed by atoms with Crippen molar-refractivity contribution in [3.05, 3.63) is 50.9 Å². The highest BCUT2D eigenvalue weighted by Crippen LogP contribution is 2.34. The predicted molar refractivity (Wildman–Crippen MR) is 99.9 cm³/mol. The largest absolute Gasteiger partial charge is 0.493 e. The number of pyridine rings is 1. The minimum absolute atomic E-state index is 0.264. The molecule has 0 saturated heterocycles. The molecule has 0 radical (unpaired) electrons. The van der Waals surface area contributed by atoms with Crippen molar-refractivity contribution >= 4 is 33.7 Å². The SMILES string of the molecule is COc1ccc2cc(C(=O)Nc3cccnc3OC)sc(=O)c2c1OC. The predicted octanol–water partition coefficient (Wildman–Crippen LogP) is 2.93. The first kappa shape index (κ1) is 17.7. The van der Waals surface area contributed by atoms with E-state index in [1.807, 2.05) is 0 Å². The second-order valence-electron chi connectivity index (χ2n) is 5.18. The molecule has 0 fully saturated rings. The Bertz CT molecular complexity index is 1030. The second kappa shape index (κ2) is 7.40. The van der Waals surface area contributed by atoms with Crippen molar-refractivity contribution in [2.75, 3.05) is 26.6 Å². The van der Waals surface area contributed by atoms with Crippen LogP contribution in [0.15, 0.2) is 41.3 Å². The van der Waals surface area contributed by atoms with E-state index in [2.05, 4.69) is 10.3 Å². The molecule has 0 aliphatic rings. The lowest BCUT2D eigenvalue weighted by atomic mass is 10.1. The Hall–Kier alpha value is -3.13. The number of amides is 1. The molecular weight excluding hydrogens is 356 g/mol. The molecule has 0 saturated carbocycles. The van der Waals surface area contributed by atoms with Gasteiger partial charge in [-0.2, -0.15) is 0 Å². The normalized spacial score (nSPS) is 10.4. The topological polar surface area (TPSA) is 86.8 Å². The van der Waals surface area contributed by atoms with Crippen LogP contribution in [0.2, 0.25) is 0 Å². The molecule has 1 amide bonds. The van der Waals surface area contributed by atoms with Gasteiger partial charge in [0.15, 0.2) is 11.5 Å². The number of hydrogen-bond acceptors (Lipinski definition) is 7. The maximum atomic E-state index is 12.6. The van der Waals surface area contributed by atoms with Crippen LogP contribution in [0.5, 0.6) is 17.4 Å². The molecule has 3 aromatic rings. The Kier molecular flexibility index (Phi) is 5.04. The van der Waals surface area contributed by atoms with Crippen LogP contribution in [0.1, 0.15) is 9.67 Å². The number of carbonyl (C=O) groups is 1. The van der Waals surface area contributed by atoms with E-state index in [0.717, 1.165) is 11.3 Å². The standard InChI is InChI=1S/C18H16N2O5S/c1-23-12-7-6-10-9-13(26-18(22)14(10)15(12)24-2)16(21)20-11-5-4-8-19-17(11)25-3/h4-9H,1-3H3,(H,20,21). The van der Waals surface area contributed by atoms with E-state index in [1.165, 1.54) is 21.3 Å². The van der Waals surface area contributed by atoms with Crippen molar-refractivity contribution in [1.29, 1.82) is 0 Å². The number of benzene rings is 1. The number of rotatable bonds is 5. The number of ether oxygens (including phenoxy) is 3. The van der Waals surface area contributed by atoms with Crippen LogP contribution in [-0.4, -0.2) is 32.2 Å². The van der Waals surface area contributed by atoms with E-state index >= 15 is 0 Å². The van der Waals surface area contributed by atoms with Gasteiger partial charge in [0.25, 0.3) is 5.91 Å². The fraction of sp³-hybridized carbons (Fsp3) is 0.167. The van der Waals surface area contributed by atoms with Gasteiger partial charge in [0.05, 0.1) is 31.6 Å². The number of hydrogen-bond donors (Lipinski definition) is 1. The van der Waals surface area contributed by atoms with Gasteiger partial charge in [0.1, 0.15) is 5.69 Å². The van der Waals surface area contributed by atoms with Gasteiger partial charge < -0.3 is 19.5 Å². The Labute approximate surface area is 153 Å². The number of methoxy groups -OCH3 is 3. The number of nitrogens with zero attached hydrogens (tertiary/aromatic N) is 1. The third-order valence-electron chi connectivity index (χ3n) is 3.71. The molecule has 1 aromatic carbocycles. The average Bonchev–Trinajstić information content (AvgIpc) is 2.67. The van der Waals surface area contributed by atoms with E-state index in [0.29, 0.717) is 33.8 Å². The summed E-state index contributed by atoms with van der Waals surface area (Å²) in [7, 11) is 4.43. The van der Waals surface area contributed by atoms with Crippen LogP contribution in [0.3, 0.4) is 0 Å². The fourth-order valence-electron chi connectivity index (χ4n) is 2.54. The Morgan fingerprint density at radius 1 is 1.12 bits per heavy atom.